The Morgan fingerprint density at radius 2 is 1.52 bits per heavy atom. The first-order valence-corrected chi connectivity index (χ1v) is 8.77. The van der Waals surface area contributed by atoms with E-state index in [0.29, 0.717) is 23.4 Å². The number of carbonyl (C=O) groups excluding carboxylic acids is 3. The molecular weight excluding hydrogens is 346 g/mol. The molecule has 0 spiro atoms. The average molecular weight is 369 g/mol. The first-order valence-electron chi connectivity index (χ1n) is 8.77. The maximum Gasteiger partial charge on any atom is 0.337 e. The molecule has 0 aliphatic rings. The molecule has 27 heavy (non-hydrogen) atoms. The van der Waals surface area contributed by atoms with Crippen LogP contribution >= 0.6 is 0 Å². The highest BCUT2D eigenvalue weighted by Gasteiger charge is 2.11. The number of benzene rings is 2. The van der Waals surface area contributed by atoms with E-state index in [1.807, 2.05) is 6.92 Å². The second kappa shape index (κ2) is 10.1. The Hall–Kier alpha value is -3.15. The molecule has 0 heterocycles. The van der Waals surface area contributed by atoms with Gasteiger partial charge < -0.3 is 14.8 Å². The fourth-order valence-electron chi connectivity index (χ4n) is 2.36. The minimum atomic E-state index is -0.440. The van der Waals surface area contributed by atoms with E-state index in [4.69, 9.17) is 4.74 Å². The van der Waals surface area contributed by atoms with E-state index in [9.17, 15) is 14.4 Å². The summed E-state index contributed by atoms with van der Waals surface area (Å²) in [7, 11) is 1.31. The molecule has 0 atom stereocenters. The summed E-state index contributed by atoms with van der Waals surface area (Å²) in [6, 6.07) is 13.3. The Labute approximate surface area is 158 Å². The van der Waals surface area contributed by atoms with Crippen LogP contribution in [0.2, 0.25) is 0 Å². The molecule has 0 saturated heterocycles. The molecule has 1 N–H and O–H groups in total. The van der Waals surface area contributed by atoms with Gasteiger partial charge in [0, 0.05) is 24.1 Å². The van der Waals surface area contributed by atoms with E-state index in [0.717, 1.165) is 12.2 Å². The minimum Gasteiger partial charge on any atom is -0.494 e. The van der Waals surface area contributed by atoms with E-state index in [1.165, 1.54) is 7.11 Å². The highest BCUT2D eigenvalue weighted by Crippen LogP contribution is 2.15. The lowest BCUT2D eigenvalue weighted by atomic mass is 10.1. The predicted molar refractivity (Wildman–Crippen MR) is 102 cm³/mol. The number of hydrogen-bond acceptors (Lipinski definition) is 5. The van der Waals surface area contributed by atoms with Crippen molar-refractivity contribution in [2.24, 2.45) is 0 Å². The first kappa shape index (κ1) is 20.2. The van der Waals surface area contributed by atoms with Crippen molar-refractivity contribution >= 4 is 23.3 Å². The van der Waals surface area contributed by atoms with Gasteiger partial charge in [-0.2, -0.15) is 0 Å². The zero-order valence-electron chi connectivity index (χ0n) is 15.5. The van der Waals surface area contributed by atoms with Gasteiger partial charge in [-0.05, 0) is 55.0 Å². The van der Waals surface area contributed by atoms with Crippen molar-refractivity contribution in [3.8, 4) is 5.75 Å². The molecule has 2 rings (SSSR count). The number of anilines is 1. The Morgan fingerprint density at radius 3 is 2.11 bits per heavy atom. The third kappa shape index (κ3) is 6.26. The van der Waals surface area contributed by atoms with Crippen LogP contribution in [-0.4, -0.2) is 31.4 Å². The molecule has 0 unspecified atom stereocenters. The van der Waals surface area contributed by atoms with Crippen molar-refractivity contribution < 1.29 is 23.9 Å². The van der Waals surface area contributed by atoms with Crippen LogP contribution in [0.5, 0.6) is 5.75 Å². The maximum absolute atomic E-state index is 12.2. The molecule has 0 fully saturated rings. The van der Waals surface area contributed by atoms with Crippen LogP contribution in [0.15, 0.2) is 48.5 Å². The standard InChI is InChI=1S/C21H23NO5/c1-3-14-27-18-10-6-15(7-11-18)19(23)12-13-20(24)22-17-8-4-16(5-9-17)21(25)26-2/h4-11H,3,12-14H2,1-2H3,(H,22,24). The SMILES string of the molecule is CCCOc1ccc(C(=O)CCC(=O)Nc2ccc(C(=O)OC)cc2)cc1. The van der Waals surface area contributed by atoms with Gasteiger partial charge in [0.05, 0.1) is 19.3 Å². The molecule has 0 bridgehead atoms. The van der Waals surface area contributed by atoms with Gasteiger partial charge in [-0.3, -0.25) is 9.59 Å². The van der Waals surface area contributed by atoms with E-state index >= 15 is 0 Å². The van der Waals surface area contributed by atoms with Crippen LogP contribution in [0.3, 0.4) is 0 Å². The van der Waals surface area contributed by atoms with Gasteiger partial charge in [0.2, 0.25) is 5.91 Å². The van der Waals surface area contributed by atoms with Crippen molar-refractivity contribution in [1.29, 1.82) is 0 Å². The fraction of sp³-hybridized carbons (Fsp3) is 0.286. The van der Waals surface area contributed by atoms with Crippen LogP contribution in [-0.2, 0) is 9.53 Å². The molecule has 0 radical (unpaired) electrons. The Bertz CT molecular complexity index is 781. The molecule has 2 aromatic carbocycles. The quantitative estimate of drug-likeness (QED) is 0.536. The lowest BCUT2D eigenvalue weighted by Crippen LogP contribution is -2.13. The Balaban J connectivity index is 1.82. The zero-order valence-corrected chi connectivity index (χ0v) is 15.5. The molecule has 0 aliphatic heterocycles. The molecule has 0 aromatic heterocycles. The number of rotatable bonds is 9. The number of ketones is 1. The summed E-state index contributed by atoms with van der Waals surface area (Å²) in [6.07, 6.45) is 1.11. The van der Waals surface area contributed by atoms with Crippen molar-refractivity contribution in [3.05, 3.63) is 59.7 Å². The number of carbonyl (C=O) groups is 3. The number of hydrogen-bond donors (Lipinski definition) is 1. The fourth-order valence-corrected chi connectivity index (χ4v) is 2.36. The number of ether oxygens (including phenoxy) is 2. The molecule has 6 nitrogen and oxygen atoms in total. The van der Waals surface area contributed by atoms with Crippen LogP contribution in [0.1, 0.15) is 46.9 Å². The lowest BCUT2D eigenvalue weighted by Gasteiger charge is -2.07. The molecule has 2 aromatic rings. The summed E-state index contributed by atoms with van der Waals surface area (Å²) in [5.74, 6) is -0.0866. The molecule has 0 saturated carbocycles. The van der Waals surface area contributed by atoms with Gasteiger partial charge in [-0.1, -0.05) is 6.92 Å². The number of nitrogens with one attached hydrogen (secondary N) is 1. The van der Waals surface area contributed by atoms with Crippen LogP contribution < -0.4 is 10.1 Å². The normalized spacial score (nSPS) is 10.1. The number of Topliss-reactive ketones (excluding diaryl/α,β-unsaturated/α-hetero) is 1. The van der Waals surface area contributed by atoms with E-state index in [1.54, 1.807) is 48.5 Å². The third-order valence-corrected chi connectivity index (χ3v) is 3.82. The van der Waals surface area contributed by atoms with Gasteiger partial charge in [0.1, 0.15) is 5.75 Å². The topological polar surface area (TPSA) is 81.7 Å². The molecule has 0 aliphatic carbocycles. The van der Waals surface area contributed by atoms with Crippen LogP contribution in [0.4, 0.5) is 5.69 Å². The smallest absolute Gasteiger partial charge is 0.337 e. The number of methoxy groups -OCH3 is 1. The van der Waals surface area contributed by atoms with Crippen molar-refractivity contribution in [1.82, 2.24) is 0 Å². The van der Waals surface area contributed by atoms with Crippen molar-refractivity contribution in [2.45, 2.75) is 26.2 Å². The molecule has 6 heteroatoms. The summed E-state index contributed by atoms with van der Waals surface area (Å²) in [4.78, 5) is 35.6. The highest BCUT2D eigenvalue weighted by atomic mass is 16.5. The Kier molecular flexibility index (Phi) is 7.55. The van der Waals surface area contributed by atoms with Gasteiger partial charge in [-0.25, -0.2) is 4.79 Å². The lowest BCUT2D eigenvalue weighted by molar-refractivity contribution is -0.116. The Morgan fingerprint density at radius 1 is 0.889 bits per heavy atom. The summed E-state index contributed by atoms with van der Waals surface area (Å²) >= 11 is 0. The monoisotopic (exact) mass is 369 g/mol. The van der Waals surface area contributed by atoms with E-state index in [-0.39, 0.29) is 24.5 Å². The molecule has 1 amide bonds. The maximum atomic E-state index is 12.2. The van der Waals surface area contributed by atoms with E-state index in [2.05, 4.69) is 10.1 Å². The second-order valence-corrected chi connectivity index (χ2v) is 5.91. The average Bonchev–Trinajstić information content (AvgIpc) is 2.70. The van der Waals surface area contributed by atoms with Gasteiger partial charge >= 0.3 is 5.97 Å². The largest absolute Gasteiger partial charge is 0.494 e. The summed E-state index contributed by atoms with van der Waals surface area (Å²) in [6.45, 7) is 2.66. The summed E-state index contributed by atoms with van der Waals surface area (Å²) in [5.41, 5.74) is 1.50. The van der Waals surface area contributed by atoms with Crippen LogP contribution in [0.25, 0.3) is 0 Å². The zero-order chi connectivity index (χ0) is 19.6. The first-order chi connectivity index (χ1) is 13.0. The molecule has 142 valence electrons. The number of esters is 1. The van der Waals surface area contributed by atoms with Crippen molar-refractivity contribution in [3.63, 3.8) is 0 Å². The van der Waals surface area contributed by atoms with Crippen molar-refractivity contribution in [2.75, 3.05) is 19.0 Å². The summed E-state index contributed by atoms with van der Waals surface area (Å²) in [5, 5.41) is 2.70. The van der Waals surface area contributed by atoms with E-state index < -0.39 is 5.97 Å². The van der Waals surface area contributed by atoms with Crippen LogP contribution in [0, 0.1) is 0 Å². The third-order valence-electron chi connectivity index (χ3n) is 3.82. The molecular formula is C21H23NO5. The number of amides is 1. The highest BCUT2D eigenvalue weighted by molar-refractivity contribution is 6.00. The summed E-state index contributed by atoms with van der Waals surface area (Å²) < 4.78 is 10.1. The predicted octanol–water partition coefficient (Wildman–Crippen LogP) is 3.86. The van der Waals surface area contributed by atoms with Gasteiger partial charge in [0.15, 0.2) is 5.78 Å². The second-order valence-electron chi connectivity index (χ2n) is 5.91. The minimum absolute atomic E-state index is 0.0751. The van der Waals surface area contributed by atoms with Gasteiger partial charge in [0.25, 0.3) is 0 Å². The van der Waals surface area contributed by atoms with Gasteiger partial charge in [-0.15, -0.1) is 0 Å².